The van der Waals surface area contributed by atoms with Crippen LogP contribution in [0.4, 0.5) is 0 Å². The summed E-state index contributed by atoms with van der Waals surface area (Å²) in [5.74, 6) is 0. The van der Waals surface area contributed by atoms with Crippen molar-refractivity contribution in [1.82, 2.24) is 19.4 Å². The van der Waals surface area contributed by atoms with E-state index in [1.807, 2.05) is 6.07 Å². The van der Waals surface area contributed by atoms with Gasteiger partial charge < -0.3 is 9.88 Å². The lowest BCUT2D eigenvalue weighted by Gasteiger charge is -2.22. The van der Waals surface area contributed by atoms with Gasteiger partial charge in [0.1, 0.15) is 5.15 Å². The monoisotopic (exact) mass is 380 g/mol. The molecule has 0 unspecified atom stereocenters. The Kier molecular flexibility index (Phi) is 9.19. The third kappa shape index (κ3) is 6.44. The molecule has 2 aromatic heterocycles. The number of aromatic nitrogens is 3. The zero-order valence-corrected chi connectivity index (χ0v) is 17.0. The molecule has 6 heteroatoms. The average Bonchev–Trinajstić information content (AvgIpc) is 2.94. The summed E-state index contributed by atoms with van der Waals surface area (Å²) in [6, 6.07) is 3.52. The number of H-pyrrole nitrogens is 1. The molecule has 2 rings (SSSR count). The molecule has 2 heterocycles. The predicted octanol–water partition coefficient (Wildman–Crippen LogP) is 4.84. The van der Waals surface area contributed by atoms with E-state index in [-0.39, 0.29) is 5.69 Å². The minimum absolute atomic E-state index is 0.105. The Morgan fingerprint density at radius 3 is 2.27 bits per heavy atom. The van der Waals surface area contributed by atoms with Crippen molar-refractivity contribution in [2.45, 2.75) is 71.8 Å². The number of nitrogens with one attached hydrogen (secondary N) is 1. The molecule has 1 N–H and O–H groups in total. The number of hydrogen-bond acceptors (Lipinski definition) is 3. The van der Waals surface area contributed by atoms with E-state index in [9.17, 15) is 4.79 Å². The lowest BCUT2D eigenvalue weighted by atomic mass is 10.1. The van der Waals surface area contributed by atoms with Crippen LogP contribution >= 0.6 is 11.6 Å². The first-order valence-corrected chi connectivity index (χ1v) is 10.5. The second kappa shape index (κ2) is 11.4. The van der Waals surface area contributed by atoms with Crippen LogP contribution in [0.1, 0.15) is 65.2 Å². The quantitative estimate of drug-likeness (QED) is 0.399. The summed E-state index contributed by atoms with van der Waals surface area (Å²) in [4.78, 5) is 22.0. The minimum Gasteiger partial charge on any atom is -0.304 e. The van der Waals surface area contributed by atoms with E-state index in [4.69, 9.17) is 11.6 Å². The SMILES string of the molecule is CCCCCCN(CCCCCC)CCn1c(=O)[nH]c2ccc(Cl)nc21. The molecule has 0 radical (unpaired) electrons. The summed E-state index contributed by atoms with van der Waals surface area (Å²) >= 11 is 6.01. The summed E-state index contributed by atoms with van der Waals surface area (Å²) in [6.45, 7) is 8.22. The van der Waals surface area contributed by atoms with Crippen molar-refractivity contribution >= 4 is 22.8 Å². The Morgan fingerprint density at radius 2 is 1.65 bits per heavy atom. The Bertz CT molecular complexity index is 697. The number of imidazole rings is 1. The van der Waals surface area contributed by atoms with E-state index in [2.05, 4.69) is 28.7 Å². The molecule has 0 saturated heterocycles. The molecular weight excluding hydrogens is 348 g/mol. The average molecular weight is 381 g/mol. The molecule has 0 saturated carbocycles. The maximum Gasteiger partial charge on any atom is 0.327 e. The Hall–Kier alpha value is -1.33. The van der Waals surface area contributed by atoms with Crippen molar-refractivity contribution in [2.24, 2.45) is 0 Å². The minimum atomic E-state index is -0.105. The fourth-order valence-electron chi connectivity index (χ4n) is 3.32. The van der Waals surface area contributed by atoms with Crippen LogP contribution in [0, 0.1) is 0 Å². The van der Waals surface area contributed by atoms with Crippen molar-refractivity contribution in [3.8, 4) is 0 Å². The number of nitrogens with zero attached hydrogens (tertiary/aromatic N) is 3. The molecule has 0 bridgehead atoms. The van der Waals surface area contributed by atoms with Crippen LogP contribution in [-0.4, -0.2) is 39.1 Å². The highest BCUT2D eigenvalue weighted by atomic mass is 35.5. The number of fused-ring (bicyclic) bond motifs is 1. The van der Waals surface area contributed by atoms with Crippen molar-refractivity contribution in [3.63, 3.8) is 0 Å². The van der Waals surface area contributed by atoms with Gasteiger partial charge in [-0.15, -0.1) is 0 Å². The van der Waals surface area contributed by atoms with Crippen LogP contribution in [0.25, 0.3) is 11.2 Å². The summed E-state index contributed by atoms with van der Waals surface area (Å²) in [6.07, 6.45) is 10.1. The normalized spacial score (nSPS) is 11.7. The van der Waals surface area contributed by atoms with Crippen LogP contribution < -0.4 is 5.69 Å². The van der Waals surface area contributed by atoms with Gasteiger partial charge in [-0.1, -0.05) is 64.0 Å². The summed E-state index contributed by atoms with van der Waals surface area (Å²) in [5.41, 5.74) is 1.29. The van der Waals surface area contributed by atoms with E-state index in [1.165, 1.54) is 51.4 Å². The van der Waals surface area contributed by atoms with Crippen molar-refractivity contribution < 1.29 is 0 Å². The van der Waals surface area contributed by atoms with Gasteiger partial charge in [-0.05, 0) is 38.1 Å². The number of rotatable bonds is 13. The van der Waals surface area contributed by atoms with E-state index >= 15 is 0 Å². The molecular formula is C20H33ClN4O. The molecule has 2 aromatic rings. The van der Waals surface area contributed by atoms with Gasteiger partial charge in [0, 0.05) is 13.1 Å². The van der Waals surface area contributed by atoms with Gasteiger partial charge in [0.05, 0.1) is 5.52 Å². The molecule has 0 spiro atoms. The summed E-state index contributed by atoms with van der Waals surface area (Å²) in [7, 11) is 0. The fraction of sp³-hybridized carbons (Fsp3) is 0.700. The number of halogens is 1. The summed E-state index contributed by atoms with van der Waals surface area (Å²) in [5, 5.41) is 0.418. The number of aromatic amines is 1. The molecule has 0 amide bonds. The van der Waals surface area contributed by atoms with E-state index in [1.54, 1.807) is 10.6 Å². The predicted molar refractivity (Wildman–Crippen MR) is 110 cm³/mol. The largest absolute Gasteiger partial charge is 0.327 e. The maximum absolute atomic E-state index is 12.3. The number of unbranched alkanes of at least 4 members (excludes halogenated alkanes) is 6. The van der Waals surface area contributed by atoms with Gasteiger partial charge in [0.25, 0.3) is 0 Å². The van der Waals surface area contributed by atoms with Gasteiger partial charge in [0.15, 0.2) is 5.65 Å². The van der Waals surface area contributed by atoms with E-state index < -0.39 is 0 Å². The highest BCUT2D eigenvalue weighted by molar-refractivity contribution is 6.29. The van der Waals surface area contributed by atoms with Crippen molar-refractivity contribution in [1.29, 1.82) is 0 Å². The fourth-order valence-corrected chi connectivity index (χ4v) is 3.46. The first-order valence-electron chi connectivity index (χ1n) is 10.1. The highest BCUT2D eigenvalue weighted by Crippen LogP contribution is 2.12. The Balaban J connectivity index is 1.97. The van der Waals surface area contributed by atoms with E-state index in [0.717, 1.165) is 25.2 Å². The molecule has 5 nitrogen and oxygen atoms in total. The zero-order valence-electron chi connectivity index (χ0n) is 16.3. The second-order valence-electron chi connectivity index (χ2n) is 7.05. The zero-order chi connectivity index (χ0) is 18.8. The van der Waals surface area contributed by atoms with Crippen molar-refractivity contribution in [2.75, 3.05) is 19.6 Å². The lowest BCUT2D eigenvalue weighted by Crippen LogP contribution is -2.32. The third-order valence-corrected chi connectivity index (χ3v) is 5.09. The van der Waals surface area contributed by atoms with Crippen LogP contribution in [0.15, 0.2) is 16.9 Å². The smallest absolute Gasteiger partial charge is 0.304 e. The van der Waals surface area contributed by atoms with E-state index in [0.29, 0.717) is 17.3 Å². The standard InChI is InChI=1S/C20H33ClN4O/c1-3-5-7-9-13-24(14-10-8-6-4-2)15-16-25-19-17(22-20(25)26)11-12-18(21)23-19/h11-12H,3-10,13-16H2,1-2H3,(H,22,26). The van der Waals surface area contributed by atoms with Gasteiger partial charge in [-0.25, -0.2) is 9.78 Å². The molecule has 0 aromatic carbocycles. The lowest BCUT2D eigenvalue weighted by molar-refractivity contribution is 0.251. The first-order chi connectivity index (χ1) is 12.7. The van der Waals surface area contributed by atoms with Crippen LogP contribution in [0.3, 0.4) is 0 Å². The van der Waals surface area contributed by atoms with Gasteiger partial charge in [-0.3, -0.25) is 4.57 Å². The van der Waals surface area contributed by atoms with Crippen LogP contribution in [0.5, 0.6) is 0 Å². The maximum atomic E-state index is 12.3. The molecule has 0 aliphatic carbocycles. The molecule has 0 atom stereocenters. The Morgan fingerprint density at radius 1 is 1.00 bits per heavy atom. The third-order valence-electron chi connectivity index (χ3n) is 4.88. The Labute approximate surface area is 161 Å². The van der Waals surface area contributed by atoms with Crippen LogP contribution in [-0.2, 0) is 6.54 Å². The molecule has 146 valence electrons. The first kappa shape index (κ1) is 21.0. The molecule has 0 aliphatic heterocycles. The highest BCUT2D eigenvalue weighted by Gasteiger charge is 2.11. The number of hydrogen-bond donors (Lipinski definition) is 1. The molecule has 0 fully saturated rings. The van der Waals surface area contributed by atoms with Gasteiger partial charge in [0.2, 0.25) is 0 Å². The van der Waals surface area contributed by atoms with Gasteiger partial charge in [-0.2, -0.15) is 0 Å². The topological polar surface area (TPSA) is 53.9 Å². The van der Waals surface area contributed by atoms with Crippen molar-refractivity contribution in [3.05, 3.63) is 27.8 Å². The number of pyridine rings is 1. The molecule has 0 aliphatic rings. The summed E-state index contributed by atoms with van der Waals surface area (Å²) < 4.78 is 1.71. The van der Waals surface area contributed by atoms with Gasteiger partial charge >= 0.3 is 5.69 Å². The molecule has 26 heavy (non-hydrogen) atoms. The van der Waals surface area contributed by atoms with Crippen LogP contribution in [0.2, 0.25) is 5.15 Å². The second-order valence-corrected chi connectivity index (χ2v) is 7.44.